The number of thiazole rings is 1. The van der Waals surface area contributed by atoms with E-state index in [4.69, 9.17) is 4.74 Å². The molecular weight excluding hydrogens is 466 g/mol. The first-order valence-corrected chi connectivity index (χ1v) is 12.4. The lowest BCUT2D eigenvalue weighted by Gasteiger charge is -2.22. The second kappa shape index (κ2) is 11.6. The molecule has 0 unspecified atom stereocenters. The molecule has 1 saturated heterocycles. The Morgan fingerprint density at radius 3 is 2.60 bits per heavy atom. The van der Waals surface area contributed by atoms with E-state index in [-0.39, 0.29) is 24.2 Å². The van der Waals surface area contributed by atoms with Crippen molar-refractivity contribution in [1.29, 1.82) is 0 Å². The van der Waals surface area contributed by atoms with Crippen LogP contribution in [0.2, 0.25) is 0 Å². The fourth-order valence-electron chi connectivity index (χ4n) is 3.78. The van der Waals surface area contributed by atoms with Gasteiger partial charge in [-0.05, 0) is 37.6 Å². The van der Waals surface area contributed by atoms with Gasteiger partial charge in [-0.3, -0.25) is 14.9 Å². The fourth-order valence-corrected chi connectivity index (χ4v) is 4.48. The van der Waals surface area contributed by atoms with E-state index in [0.717, 1.165) is 18.8 Å². The first-order valence-electron chi connectivity index (χ1n) is 11.5. The van der Waals surface area contributed by atoms with Crippen LogP contribution in [0.1, 0.15) is 39.8 Å². The number of pyridine rings is 1. The van der Waals surface area contributed by atoms with Gasteiger partial charge in [0.05, 0.1) is 24.3 Å². The molecule has 1 N–H and O–H groups in total. The molecule has 3 heterocycles. The molecule has 1 aliphatic heterocycles. The van der Waals surface area contributed by atoms with Crippen LogP contribution in [0, 0.1) is 0 Å². The number of benzene rings is 1. The molecule has 0 atom stereocenters. The molecule has 10 heteroatoms. The third kappa shape index (κ3) is 6.42. The van der Waals surface area contributed by atoms with E-state index >= 15 is 0 Å². The Morgan fingerprint density at radius 1 is 1.03 bits per heavy atom. The number of ether oxygens (including phenoxy) is 1. The summed E-state index contributed by atoms with van der Waals surface area (Å²) in [5, 5.41) is 5.06. The average molecular weight is 494 g/mol. The molecule has 0 spiro atoms. The van der Waals surface area contributed by atoms with Crippen LogP contribution in [0.15, 0.2) is 54.0 Å². The molecular formula is C25H27N5O4S. The number of rotatable bonds is 7. The normalized spacial score (nSPS) is 13.7. The number of esters is 1. The average Bonchev–Trinajstić information content (AvgIpc) is 3.16. The van der Waals surface area contributed by atoms with E-state index in [2.05, 4.69) is 20.2 Å². The van der Waals surface area contributed by atoms with Crippen molar-refractivity contribution >= 4 is 40.1 Å². The van der Waals surface area contributed by atoms with E-state index < -0.39 is 0 Å². The molecule has 4 rings (SSSR count). The molecule has 0 bridgehead atoms. The van der Waals surface area contributed by atoms with Crippen molar-refractivity contribution in [3.8, 4) is 0 Å². The van der Waals surface area contributed by atoms with E-state index in [1.807, 2.05) is 17.0 Å². The molecule has 0 saturated carbocycles. The second-order valence-corrected chi connectivity index (χ2v) is 8.85. The molecule has 2 aromatic heterocycles. The number of amides is 2. The molecule has 0 radical (unpaired) electrons. The lowest BCUT2D eigenvalue weighted by Crippen LogP contribution is -2.36. The smallest absolute Gasteiger partial charge is 0.339 e. The Kier molecular flexibility index (Phi) is 8.04. The van der Waals surface area contributed by atoms with Crippen LogP contribution < -0.4 is 10.2 Å². The van der Waals surface area contributed by atoms with Gasteiger partial charge >= 0.3 is 5.97 Å². The minimum atomic E-state index is -0.385. The summed E-state index contributed by atoms with van der Waals surface area (Å²) in [5.74, 6) is 0.160. The number of anilines is 2. The Morgan fingerprint density at radius 2 is 1.86 bits per heavy atom. The maximum atomic E-state index is 12.9. The minimum absolute atomic E-state index is 0.00343. The van der Waals surface area contributed by atoms with Gasteiger partial charge in [-0.25, -0.2) is 14.8 Å². The van der Waals surface area contributed by atoms with Gasteiger partial charge in [-0.15, -0.1) is 11.3 Å². The summed E-state index contributed by atoms with van der Waals surface area (Å²) in [5.41, 5.74) is 1.62. The summed E-state index contributed by atoms with van der Waals surface area (Å²) < 4.78 is 5.00. The number of nitrogens with zero attached hydrogens (tertiary/aromatic N) is 4. The zero-order chi connectivity index (χ0) is 24.6. The van der Waals surface area contributed by atoms with Crippen molar-refractivity contribution in [3.05, 3.63) is 70.9 Å². The Balaban J connectivity index is 1.29. The van der Waals surface area contributed by atoms with Crippen LogP contribution in [0.4, 0.5) is 10.9 Å². The Labute approximate surface area is 207 Å². The molecule has 3 aromatic rings. The third-order valence-corrected chi connectivity index (χ3v) is 6.38. The van der Waals surface area contributed by atoms with Crippen molar-refractivity contribution in [2.45, 2.75) is 19.8 Å². The van der Waals surface area contributed by atoms with Gasteiger partial charge in [-0.1, -0.05) is 18.2 Å². The van der Waals surface area contributed by atoms with Crippen LogP contribution in [-0.2, 0) is 16.0 Å². The molecule has 1 fully saturated rings. The largest absolute Gasteiger partial charge is 0.462 e. The number of aromatic nitrogens is 2. The summed E-state index contributed by atoms with van der Waals surface area (Å²) in [4.78, 5) is 49.8. The molecule has 182 valence electrons. The highest BCUT2D eigenvalue weighted by molar-refractivity contribution is 7.14. The van der Waals surface area contributed by atoms with Crippen molar-refractivity contribution < 1.29 is 19.1 Å². The minimum Gasteiger partial charge on any atom is -0.462 e. The van der Waals surface area contributed by atoms with Gasteiger partial charge in [0, 0.05) is 43.3 Å². The summed E-state index contributed by atoms with van der Waals surface area (Å²) in [6.45, 7) is 4.72. The zero-order valence-corrected chi connectivity index (χ0v) is 20.3. The topological polar surface area (TPSA) is 105 Å². The van der Waals surface area contributed by atoms with Gasteiger partial charge in [-0.2, -0.15) is 0 Å². The van der Waals surface area contributed by atoms with Crippen molar-refractivity contribution in [1.82, 2.24) is 14.9 Å². The second-order valence-electron chi connectivity index (χ2n) is 7.99. The predicted octanol–water partition coefficient (Wildman–Crippen LogP) is 3.25. The highest BCUT2D eigenvalue weighted by Crippen LogP contribution is 2.19. The monoisotopic (exact) mass is 493 g/mol. The number of carbonyl (C=O) groups is 3. The molecule has 9 nitrogen and oxygen atoms in total. The van der Waals surface area contributed by atoms with Crippen LogP contribution in [0.3, 0.4) is 0 Å². The van der Waals surface area contributed by atoms with Crippen LogP contribution in [0.5, 0.6) is 0 Å². The highest BCUT2D eigenvalue weighted by Gasteiger charge is 2.21. The lowest BCUT2D eigenvalue weighted by molar-refractivity contribution is -0.130. The highest BCUT2D eigenvalue weighted by atomic mass is 32.1. The number of hydrogen-bond donors (Lipinski definition) is 1. The van der Waals surface area contributed by atoms with Crippen molar-refractivity contribution in [3.63, 3.8) is 0 Å². The summed E-state index contributed by atoms with van der Waals surface area (Å²) >= 11 is 1.31. The van der Waals surface area contributed by atoms with Gasteiger partial charge < -0.3 is 14.5 Å². The SMILES string of the molecule is CCOC(=O)c1ccc(N2CCCN(C(=O)Cc3csc(NC(=O)c4ccccc4)n3)CC2)nc1. The molecule has 35 heavy (non-hydrogen) atoms. The van der Waals surface area contributed by atoms with Crippen LogP contribution in [0.25, 0.3) is 0 Å². The molecule has 0 aliphatic carbocycles. The first-order chi connectivity index (χ1) is 17.0. The van der Waals surface area contributed by atoms with E-state index in [1.165, 1.54) is 17.5 Å². The van der Waals surface area contributed by atoms with Gasteiger partial charge in [0.2, 0.25) is 5.91 Å². The molecule has 2 amide bonds. The Bertz CT molecular complexity index is 1170. The lowest BCUT2D eigenvalue weighted by atomic mass is 10.2. The summed E-state index contributed by atoms with van der Waals surface area (Å²) in [6, 6.07) is 12.5. The van der Waals surface area contributed by atoms with Gasteiger partial charge in [0.1, 0.15) is 5.82 Å². The Hall–Kier alpha value is -3.79. The summed E-state index contributed by atoms with van der Waals surface area (Å²) in [6.07, 6.45) is 2.52. The standard InChI is InChI=1S/C25H27N5O4S/c1-2-34-24(33)19-9-10-21(26-16-19)29-11-6-12-30(14-13-29)22(31)15-20-17-35-25(27-20)28-23(32)18-7-4-3-5-8-18/h3-5,7-10,16-17H,2,6,11-15H2,1H3,(H,27,28,32). The van der Waals surface area contributed by atoms with Crippen LogP contribution in [-0.4, -0.2) is 65.4 Å². The maximum Gasteiger partial charge on any atom is 0.339 e. The van der Waals surface area contributed by atoms with E-state index in [0.29, 0.717) is 48.2 Å². The zero-order valence-electron chi connectivity index (χ0n) is 19.5. The number of hydrogen-bond acceptors (Lipinski definition) is 8. The van der Waals surface area contributed by atoms with Crippen LogP contribution >= 0.6 is 11.3 Å². The fraction of sp³-hybridized carbons (Fsp3) is 0.320. The predicted molar refractivity (Wildman–Crippen MR) is 134 cm³/mol. The van der Waals surface area contributed by atoms with Gasteiger partial charge in [0.15, 0.2) is 5.13 Å². The quantitative estimate of drug-likeness (QED) is 0.504. The number of nitrogens with one attached hydrogen (secondary N) is 1. The van der Waals surface area contributed by atoms with Gasteiger partial charge in [0.25, 0.3) is 5.91 Å². The first kappa shape index (κ1) is 24.3. The third-order valence-electron chi connectivity index (χ3n) is 5.57. The molecule has 1 aliphatic rings. The van der Waals surface area contributed by atoms with Crippen molar-refractivity contribution in [2.24, 2.45) is 0 Å². The van der Waals surface area contributed by atoms with Crippen molar-refractivity contribution in [2.75, 3.05) is 43.0 Å². The maximum absolute atomic E-state index is 12.9. The van der Waals surface area contributed by atoms with E-state index in [1.54, 1.807) is 42.6 Å². The number of carbonyl (C=O) groups excluding carboxylic acids is 3. The molecule has 1 aromatic carbocycles. The summed E-state index contributed by atoms with van der Waals surface area (Å²) in [7, 11) is 0. The van der Waals surface area contributed by atoms with E-state index in [9.17, 15) is 14.4 Å².